The minimum Gasteiger partial charge on any atom is -0.457 e. The third-order valence-electron chi connectivity index (χ3n) is 4.62. The number of hydrogen-bond donors (Lipinski definition) is 0. The Morgan fingerprint density at radius 1 is 1.13 bits per heavy atom. The molecule has 1 aliphatic rings. The summed E-state index contributed by atoms with van der Waals surface area (Å²) >= 11 is 14.5. The van der Waals surface area contributed by atoms with E-state index in [1.54, 1.807) is 17.0 Å². The maximum Gasteiger partial charge on any atom is 0.266 e. The average Bonchev–Trinajstić information content (AvgIpc) is 3.29. The highest BCUT2D eigenvalue weighted by Gasteiger charge is 2.32. The fraction of sp³-hybridized carbons (Fsp3) is 0.130. The second kappa shape index (κ2) is 9.36. The van der Waals surface area contributed by atoms with Crippen LogP contribution in [0.25, 0.3) is 17.4 Å². The Bertz CT molecular complexity index is 1240. The molecule has 158 valence electrons. The van der Waals surface area contributed by atoms with Crippen molar-refractivity contribution < 1.29 is 9.21 Å². The van der Waals surface area contributed by atoms with E-state index in [9.17, 15) is 4.79 Å². The zero-order valence-corrected chi connectivity index (χ0v) is 21.4. The molecule has 3 aromatic rings. The van der Waals surface area contributed by atoms with Crippen LogP contribution < -0.4 is 0 Å². The fourth-order valence-electron chi connectivity index (χ4n) is 3.06. The van der Waals surface area contributed by atoms with Gasteiger partial charge in [0.25, 0.3) is 5.91 Å². The summed E-state index contributed by atoms with van der Waals surface area (Å²) in [5.74, 6) is 1.26. The molecule has 0 spiro atoms. The predicted octanol–water partition coefficient (Wildman–Crippen LogP) is 8.06. The van der Waals surface area contributed by atoms with Gasteiger partial charge in [0.1, 0.15) is 11.5 Å². The average molecular weight is 581 g/mol. The maximum atomic E-state index is 12.9. The van der Waals surface area contributed by atoms with Crippen LogP contribution in [0.15, 0.2) is 71.8 Å². The molecule has 2 aromatic carbocycles. The molecule has 31 heavy (non-hydrogen) atoms. The summed E-state index contributed by atoms with van der Waals surface area (Å²) in [6.07, 6.45) is 1.76. The first kappa shape index (κ1) is 22.4. The summed E-state index contributed by atoms with van der Waals surface area (Å²) in [6.45, 7) is 4.48. The van der Waals surface area contributed by atoms with Gasteiger partial charge >= 0.3 is 0 Å². The lowest BCUT2D eigenvalue weighted by Crippen LogP contribution is -2.28. The van der Waals surface area contributed by atoms with Gasteiger partial charge in [0, 0.05) is 27.1 Å². The van der Waals surface area contributed by atoms with Crippen molar-refractivity contribution in [1.82, 2.24) is 4.90 Å². The number of carbonyl (C=O) groups is 1. The van der Waals surface area contributed by atoms with Crippen LogP contribution in [0.4, 0.5) is 5.69 Å². The number of likely N-dealkylation sites (N-methyl/N-ethyl adjacent to an activating group) is 1. The van der Waals surface area contributed by atoms with E-state index >= 15 is 0 Å². The Morgan fingerprint density at radius 3 is 2.65 bits per heavy atom. The molecule has 1 saturated heterocycles. The molecule has 0 unspecified atom stereocenters. The highest BCUT2D eigenvalue weighted by molar-refractivity contribution is 9.11. The number of amides is 1. The standard InChI is InChI=1S/C23H17Br2ClN2O2S/c1-3-28-22(29)21(31-23(28)27-14-5-8-17(24)19(26)11-14)12-15-6-9-20(30-15)16-7-4-13(2)10-18(16)25/h4-12H,3H2,1-2H3/b21-12+,27-23?. The number of furan rings is 1. The predicted molar refractivity (Wildman–Crippen MR) is 136 cm³/mol. The number of rotatable bonds is 4. The number of halogens is 3. The number of amidine groups is 1. The van der Waals surface area contributed by atoms with Crippen molar-refractivity contribution in [2.24, 2.45) is 4.99 Å². The molecule has 1 fully saturated rings. The van der Waals surface area contributed by atoms with E-state index in [0.717, 1.165) is 25.8 Å². The minimum absolute atomic E-state index is 0.0936. The number of nitrogens with zero attached hydrogens (tertiary/aromatic N) is 2. The zero-order chi connectivity index (χ0) is 22.1. The number of aryl methyl sites for hydroxylation is 1. The lowest BCUT2D eigenvalue weighted by atomic mass is 10.1. The van der Waals surface area contributed by atoms with Crippen molar-refractivity contribution in [1.29, 1.82) is 0 Å². The molecule has 0 saturated carbocycles. The molecule has 4 rings (SSSR count). The van der Waals surface area contributed by atoms with Crippen LogP contribution >= 0.6 is 55.2 Å². The van der Waals surface area contributed by atoms with Gasteiger partial charge in [-0.15, -0.1) is 0 Å². The smallest absolute Gasteiger partial charge is 0.266 e. The third kappa shape index (κ3) is 4.85. The summed E-state index contributed by atoms with van der Waals surface area (Å²) in [7, 11) is 0. The summed E-state index contributed by atoms with van der Waals surface area (Å²) in [6, 6.07) is 15.3. The molecule has 0 N–H and O–H groups in total. The molecule has 8 heteroatoms. The molecule has 1 amide bonds. The summed E-state index contributed by atoms with van der Waals surface area (Å²) in [5.41, 5.74) is 2.81. The summed E-state index contributed by atoms with van der Waals surface area (Å²) < 4.78 is 7.76. The van der Waals surface area contributed by atoms with Gasteiger partial charge in [-0.05, 0) is 89.6 Å². The number of carbonyl (C=O) groups excluding carboxylic acids is 1. The lowest BCUT2D eigenvalue weighted by molar-refractivity contribution is -0.122. The molecular weight excluding hydrogens is 564 g/mol. The van der Waals surface area contributed by atoms with Crippen LogP contribution in [0.1, 0.15) is 18.2 Å². The molecule has 0 bridgehead atoms. The molecule has 4 nitrogen and oxygen atoms in total. The Kier molecular flexibility index (Phi) is 6.77. The quantitative estimate of drug-likeness (QED) is 0.293. The second-order valence-electron chi connectivity index (χ2n) is 6.84. The topological polar surface area (TPSA) is 45.8 Å². The van der Waals surface area contributed by atoms with Crippen LogP contribution in [0.5, 0.6) is 0 Å². The second-order valence-corrected chi connectivity index (χ2v) is 9.96. The molecule has 1 aromatic heterocycles. The highest BCUT2D eigenvalue weighted by Crippen LogP contribution is 2.36. The van der Waals surface area contributed by atoms with E-state index in [0.29, 0.717) is 33.1 Å². The number of benzene rings is 2. The largest absolute Gasteiger partial charge is 0.457 e. The summed E-state index contributed by atoms with van der Waals surface area (Å²) in [5, 5.41) is 1.19. The monoisotopic (exact) mass is 578 g/mol. The van der Waals surface area contributed by atoms with E-state index in [1.807, 2.05) is 56.3 Å². The van der Waals surface area contributed by atoms with Crippen molar-refractivity contribution in [3.8, 4) is 11.3 Å². The van der Waals surface area contributed by atoms with E-state index in [2.05, 4.69) is 36.9 Å². The maximum absolute atomic E-state index is 12.9. The number of thioether (sulfide) groups is 1. The van der Waals surface area contributed by atoms with Crippen LogP contribution in [-0.4, -0.2) is 22.5 Å². The van der Waals surface area contributed by atoms with Crippen LogP contribution in [-0.2, 0) is 4.79 Å². The van der Waals surface area contributed by atoms with E-state index in [1.165, 1.54) is 11.8 Å². The van der Waals surface area contributed by atoms with Gasteiger partial charge in [-0.1, -0.05) is 33.6 Å². The zero-order valence-electron chi connectivity index (χ0n) is 16.7. The SMILES string of the molecule is CCN1C(=O)/C(=C\c2ccc(-c3ccc(C)cc3Br)o2)SC1=Nc1ccc(Br)c(Cl)c1. The molecule has 0 radical (unpaired) electrons. The van der Waals surface area contributed by atoms with Crippen molar-refractivity contribution in [3.63, 3.8) is 0 Å². The highest BCUT2D eigenvalue weighted by atomic mass is 79.9. The molecule has 1 aliphatic heterocycles. The van der Waals surface area contributed by atoms with E-state index in [-0.39, 0.29) is 5.91 Å². The van der Waals surface area contributed by atoms with Crippen LogP contribution in [0.2, 0.25) is 5.02 Å². The Labute approximate surface area is 206 Å². The van der Waals surface area contributed by atoms with Gasteiger partial charge in [-0.25, -0.2) is 4.99 Å². The molecule has 2 heterocycles. The Balaban J connectivity index is 1.63. The number of aliphatic imine (C=N–C) groups is 1. The summed E-state index contributed by atoms with van der Waals surface area (Å²) in [4.78, 5) is 19.7. The fourth-order valence-corrected chi connectivity index (χ4v) is 5.21. The van der Waals surface area contributed by atoms with Gasteiger partial charge in [0.15, 0.2) is 5.17 Å². The van der Waals surface area contributed by atoms with Crippen LogP contribution in [0.3, 0.4) is 0 Å². The van der Waals surface area contributed by atoms with Crippen molar-refractivity contribution in [2.45, 2.75) is 13.8 Å². The first-order valence-corrected chi connectivity index (χ1v) is 12.2. The molecule has 0 aliphatic carbocycles. The first-order chi connectivity index (χ1) is 14.9. The Morgan fingerprint density at radius 2 is 1.94 bits per heavy atom. The minimum atomic E-state index is -0.0936. The van der Waals surface area contributed by atoms with Crippen molar-refractivity contribution in [3.05, 3.63) is 78.7 Å². The van der Waals surface area contributed by atoms with Gasteiger partial charge in [-0.2, -0.15) is 0 Å². The van der Waals surface area contributed by atoms with Gasteiger partial charge in [0.2, 0.25) is 0 Å². The van der Waals surface area contributed by atoms with Crippen LogP contribution in [0, 0.1) is 6.92 Å². The lowest BCUT2D eigenvalue weighted by Gasteiger charge is -2.12. The van der Waals surface area contributed by atoms with Crippen molar-refractivity contribution >= 4 is 78.1 Å². The van der Waals surface area contributed by atoms with Crippen molar-refractivity contribution in [2.75, 3.05) is 6.54 Å². The van der Waals surface area contributed by atoms with E-state index in [4.69, 9.17) is 16.0 Å². The first-order valence-electron chi connectivity index (χ1n) is 9.47. The molecule has 0 atom stereocenters. The van der Waals surface area contributed by atoms with Gasteiger partial charge in [-0.3, -0.25) is 9.69 Å². The van der Waals surface area contributed by atoms with Gasteiger partial charge in [0.05, 0.1) is 15.6 Å². The number of hydrogen-bond acceptors (Lipinski definition) is 4. The Hall–Kier alpha value is -1.80. The van der Waals surface area contributed by atoms with E-state index < -0.39 is 0 Å². The third-order valence-corrected chi connectivity index (χ3v) is 7.52. The normalized spacial score (nSPS) is 16.7. The molecular formula is C23H17Br2ClN2O2S. The van der Waals surface area contributed by atoms with Gasteiger partial charge < -0.3 is 4.42 Å².